The molecule has 86 heavy (non-hydrogen) atoms. The number of aliphatic hydroxyl groups excluding tert-OH is 1. The van der Waals surface area contributed by atoms with Gasteiger partial charge in [-0.2, -0.15) is 0 Å². The molecule has 0 aliphatic carbocycles. The summed E-state index contributed by atoms with van der Waals surface area (Å²) >= 11 is 0. The van der Waals surface area contributed by atoms with Crippen LogP contribution in [-0.2, 0) is 65.4 Å². The van der Waals surface area contributed by atoms with Gasteiger partial charge < -0.3 is 33.8 Å². The molecule has 0 amide bonds. The molecule has 5 unspecified atom stereocenters. The molecule has 3 N–H and O–H groups in total. The Bertz CT molecular complexity index is 1720. The zero-order valence-corrected chi connectivity index (χ0v) is 57.7. The quantitative estimate of drug-likeness (QED) is 0.0222. The summed E-state index contributed by atoms with van der Waals surface area (Å²) in [5.74, 6) is 0.854. The van der Waals surface area contributed by atoms with Crippen LogP contribution in [0.1, 0.15) is 325 Å². The Balaban J connectivity index is 5.26. The van der Waals surface area contributed by atoms with E-state index in [0.717, 1.165) is 120 Å². The normalized spacial score (nSPS) is 15.3. The van der Waals surface area contributed by atoms with Gasteiger partial charge in [0.1, 0.15) is 19.3 Å². The van der Waals surface area contributed by atoms with E-state index in [1.54, 1.807) is 0 Å². The molecule has 0 aromatic carbocycles. The first-order valence-corrected chi connectivity index (χ1v) is 37.8. The maximum atomic E-state index is 13.0. The van der Waals surface area contributed by atoms with E-state index in [0.29, 0.717) is 25.7 Å². The lowest BCUT2D eigenvalue weighted by Gasteiger charge is -2.21. The zero-order chi connectivity index (χ0) is 63.9. The van der Waals surface area contributed by atoms with E-state index >= 15 is 0 Å². The van der Waals surface area contributed by atoms with Gasteiger partial charge in [-0.3, -0.25) is 37.3 Å². The second kappa shape index (κ2) is 57.0. The first-order valence-electron chi connectivity index (χ1n) is 34.8. The molecule has 0 rings (SSSR count). The Hall–Kier alpha value is -1.94. The fourth-order valence-electron chi connectivity index (χ4n) is 9.86. The maximum Gasteiger partial charge on any atom is 0.472 e. The van der Waals surface area contributed by atoms with Crippen LogP contribution in [0.3, 0.4) is 0 Å². The highest BCUT2D eigenvalue weighted by Crippen LogP contribution is 2.45. The van der Waals surface area contributed by atoms with Gasteiger partial charge in [-0.05, 0) is 49.4 Å². The van der Waals surface area contributed by atoms with Gasteiger partial charge in [0.25, 0.3) is 0 Å². The van der Waals surface area contributed by atoms with Crippen molar-refractivity contribution in [2.75, 3.05) is 39.6 Å². The standard InChI is InChI=1S/C67H130O17P2/c1-9-58(6)44-36-28-20-17-18-22-33-41-49-66(71)83-62(53-77-64(69)47-39-31-21-16-14-12-13-15-19-27-35-43-57(4)5)55-81-85(73,74)79-51-61(68)52-80-86(75,76)82-56-63(84-67(72)50-42-34-26-24-30-38-46-60(8)11-3)54-78-65(70)48-40-32-25-23-29-37-45-59(7)10-2/h57-63,68H,9-56H2,1-8H3,(H,73,74)(H,75,76)/t58?,59?,60?,61-,62-,63-/m1/s1. The summed E-state index contributed by atoms with van der Waals surface area (Å²) in [7, 11) is -9.90. The van der Waals surface area contributed by atoms with Crippen LogP contribution in [0.15, 0.2) is 0 Å². The lowest BCUT2D eigenvalue weighted by Crippen LogP contribution is -2.30. The summed E-state index contributed by atoms with van der Waals surface area (Å²) in [6, 6.07) is 0. The van der Waals surface area contributed by atoms with Crippen molar-refractivity contribution in [3.05, 3.63) is 0 Å². The summed E-state index contributed by atoms with van der Waals surface area (Å²) in [5, 5.41) is 10.6. The minimum Gasteiger partial charge on any atom is -0.462 e. The Kier molecular flexibility index (Phi) is 55.7. The highest BCUT2D eigenvalue weighted by atomic mass is 31.2. The topological polar surface area (TPSA) is 237 Å². The van der Waals surface area contributed by atoms with E-state index < -0.39 is 97.5 Å². The summed E-state index contributed by atoms with van der Waals surface area (Å²) in [5.41, 5.74) is 0. The second-order valence-electron chi connectivity index (χ2n) is 25.4. The van der Waals surface area contributed by atoms with Gasteiger partial charge >= 0.3 is 39.5 Å². The molecule has 0 fully saturated rings. The average Bonchev–Trinajstić information content (AvgIpc) is 3.69. The molecule has 0 radical (unpaired) electrons. The molecule has 19 heteroatoms. The smallest absolute Gasteiger partial charge is 0.462 e. The minimum atomic E-state index is -4.95. The Morgan fingerprint density at radius 1 is 0.326 bits per heavy atom. The number of unbranched alkanes of at least 4 members (excludes halogenated alkanes) is 27. The van der Waals surface area contributed by atoms with Crippen molar-refractivity contribution >= 4 is 39.5 Å². The molecule has 510 valence electrons. The fraction of sp³-hybridized carbons (Fsp3) is 0.940. The third-order valence-electron chi connectivity index (χ3n) is 16.4. The van der Waals surface area contributed by atoms with E-state index in [1.165, 1.54) is 122 Å². The van der Waals surface area contributed by atoms with Crippen LogP contribution in [0.2, 0.25) is 0 Å². The Labute approximate surface area is 524 Å². The number of ether oxygens (including phenoxy) is 4. The number of rotatable bonds is 64. The van der Waals surface area contributed by atoms with E-state index in [-0.39, 0.29) is 25.7 Å². The van der Waals surface area contributed by atoms with Gasteiger partial charge in [0.15, 0.2) is 12.2 Å². The van der Waals surface area contributed by atoms with Gasteiger partial charge in [-0.15, -0.1) is 0 Å². The van der Waals surface area contributed by atoms with Crippen molar-refractivity contribution in [2.24, 2.45) is 23.7 Å². The zero-order valence-electron chi connectivity index (χ0n) is 55.9. The summed E-state index contributed by atoms with van der Waals surface area (Å²) in [6.45, 7) is 14.0. The molecular weight excluding hydrogens is 1140 g/mol. The number of carbonyl (C=O) groups excluding carboxylic acids is 4. The largest absolute Gasteiger partial charge is 0.472 e. The predicted molar refractivity (Wildman–Crippen MR) is 344 cm³/mol. The van der Waals surface area contributed by atoms with E-state index in [9.17, 15) is 43.2 Å². The van der Waals surface area contributed by atoms with Crippen LogP contribution >= 0.6 is 15.6 Å². The van der Waals surface area contributed by atoms with Crippen LogP contribution in [0.25, 0.3) is 0 Å². The third kappa shape index (κ3) is 57.2. The highest BCUT2D eigenvalue weighted by molar-refractivity contribution is 7.47. The van der Waals surface area contributed by atoms with Crippen LogP contribution in [0.4, 0.5) is 0 Å². The number of phosphoric ester groups is 2. The van der Waals surface area contributed by atoms with Crippen LogP contribution in [0, 0.1) is 23.7 Å². The first kappa shape index (κ1) is 84.1. The Morgan fingerprint density at radius 2 is 0.558 bits per heavy atom. The van der Waals surface area contributed by atoms with Gasteiger partial charge in [0, 0.05) is 25.7 Å². The molecule has 0 saturated carbocycles. The number of aliphatic hydroxyl groups is 1. The highest BCUT2D eigenvalue weighted by Gasteiger charge is 2.30. The molecule has 8 atom stereocenters. The fourth-order valence-corrected chi connectivity index (χ4v) is 11.4. The van der Waals surface area contributed by atoms with Gasteiger partial charge in [0.05, 0.1) is 26.4 Å². The van der Waals surface area contributed by atoms with Crippen molar-refractivity contribution in [1.29, 1.82) is 0 Å². The molecule has 0 bridgehead atoms. The van der Waals surface area contributed by atoms with Gasteiger partial charge in [-0.1, -0.05) is 274 Å². The van der Waals surface area contributed by atoms with Crippen molar-refractivity contribution in [2.45, 2.75) is 343 Å². The lowest BCUT2D eigenvalue weighted by atomic mass is 9.99. The molecule has 0 aromatic heterocycles. The van der Waals surface area contributed by atoms with Crippen molar-refractivity contribution in [1.82, 2.24) is 0 Å². The molecule has 0 aromatic rings. The van der Waals surface area contributed by atoms with Gasteiger partial charge in [0.2, 0.25) is 0 Å². The van der Waals surface area contributed by atoms with Crippen molar-refractivity contribution in [3.63, 3.8) is 0 Å². The van der Waals surface area contributed by atoms with E-state index in [1.807, 2.05) is 0 Å². The van der Waals surface area contributed by atoms with Crippen molar-refractivity contribution < 1.29 is 80.2 Å². The maximum absolute atomic E-state index is 13.0. The van der Waals surface area contributed by atoms with Crippen molar-refractivity contribution in [3.8, 4) is 0 Å². The molecular formula is C67H130O17P2. The minimum absolute atomic E-state index is 0.101. The molecule has 0 aliphatic rings. The Morgan fingerprint density at radius 3 is 0.826 bits per heavy atom. The molecule has 0 aliphatic heterocycles. The number of carbonyl (C=O) groups is 4. The first-order chi connectivity index (χ1) is 41.2. The monoisotopic (exact) mass is 1270 g/mol. The van der Waals surface area contributed by atoms with Crippen LogP contribution in [-0.4, -0.2) is 96.7 Å². The lowest BCUT2D eigenvalue weighted by molar-refractivity contribution is -0.161. The molecule has 0 heterocycles. The predicted octanol–water partition coefficient (Wildman–Crippen LogP) is 18.5. The number of phosphoric acid groups is 2. The average molecular weight is 1270 g/mol. The summed E-state index contributed by atoms with van der Waals surface area (Å²) in [4.78, 5) is 72.4. The number of hydrogen-bond acceptors (Lipinski definition) is 15. The van der Waals surface area contributed by atoms with Crippen LogP contribution in [0.5, 0.6) is 0 Å². The third-order valence-corrected chi connectivity index (χ3v) is 18.3. The SMILES string of the molecule is CCC(C)CCCCCCCCCCC(=O)O[C@H](COC(=O)CCCCCCCCCCCCCC(C)C)COP(=O)(O)OC[C@@H](O)COP(=O)(O)OC[C@@H](COC(=O)CCCCCCCCC(C)CC)OC(=O)CCCCCCCCC(C)CC. The van der Waals surface area contributed by atoms with Gasteiger partial charge in [-0.25, -0.2) is 9.13 Å². The number of esters is 4. The number of hydrogen-bond donors (Lipinski definition) is 3. The molecule has 0 spiro atoms. The van der Waals surface area contributed by atoms with E-state index in [4.69, 9.17) is 37.0 Å². The summed E-state index contributed by atoms with van der Waals surface area (Å²) in [6.07, 6.45) is 37.6. The molecule has 0 saturated heterocycles. The van der Waals surface area contributed by atoms with E-state index in [2.05, 4.69) is 55.4 Å². The summed E-state index contributed by atoms with van der Waals surface area (Å²) < 4.78 is 68.1. The second-order valence-corrected chi connectivity index (χ2v) is 28.3. The molecule has 17 nitrogen and oxygen atoms in total. The van der Waals surface area contributed by atoms with Crippen LogP contribution < -0.4 is 0 Å².